The fourth-order valence-electron chi connectivity index (χ4n) is 2.37. The number of ether oxygens (including phenoxy) is 1. The minimum absolute atomic E-state index is 0.339. The summed E-state index contributed by atoms with van der Waals surface area (Å²) in [4.78, 5) is 13.7. The summed E-state index contributed by atoms with van der Waals surface area (Å²) >= 11 is 3.46. The number of halogens is 1. The summed E-state index contributed by atoms with van der Waals surface area (Å²) in [7, 11) is 0. The van der Waals surface area contributed by atoms with Crippen LogP contribution < -0.4 is 0 Å². The molecule has 0 aromatic heterocycles. The lowest BCUT2D eigenvalue weighted by molar-refractivity contribution is -0.128. The molecule has 2 aliphatic heterocycles. The first-order valence-corrected chi connectivity index (χ1v) is 6.83. The van der Waals surface area contributed by atoms with Crippen LogP contribution in [0.5, 0.6) is 0 Å². The molecule has 1 amide bonds. The molecule has 0 saturated carbocycles. The van der Waals surface area contributed by atoms with Gasteiger partial charge in [-0.15, -0.1) is 0 Å². The Balaban J connectivity index is 1.81. The van der Waals surface area contributed by atoms with E-state index < -0.39 is 0 Å². The van der Waals surface area contributed by atoms with Crippen LogP contribution >= 0.6 is 15.9 Å². The van der Waals surface area contributed by atoms with Gasteiger partial charge >= 0.3 is 0 Å². The van der Waals surface area contributed by atoms with Crippen molar-refractivity contribution in [1.29, 1.82) is 0 Å². The van der Waals surface area contributed by atoms with Crippen molar-refractivity contribution in [1.82, 2.24) is 4.90 Å². The molecule has 1 atom stereocenters. The van der Waals surface area contributed by atoms with E-state index in [1.807, 2.05) is 4.90 Å². The highest BCUT2D eigenvalue weighted by atomic mass is 79.9. The number of hydrogen-bond acceptors (Lipinski definition) is 2. The lowest BCUT2D eigenvalue weighted by Gasteiger charge is -2.27. The molecule has 3 nitrogen and oxygen atoms in total. The smallest absolute Gasteiger partial charge is 0.222 e. The average Bonchev–Trinajstić information content (AvgIpc) is 2.61. The number of carbonyl (C=O) groups excluding carboxylic acids is 1. The van der Waals surface area contributed by atoms with Crippen molar-refractivity contribution in [2.24, 2.45) is 11.8 Å². The molecular formula is C11H18BrNO2. The van der Waals surface area contributed by atoms with Crippen LogP contribution in [0.1, 0.15) is 19.3 Å². The number of hydrogen-bond donors (Lipinski definition) is 0. The Morgan fingerprint density at radius 2 is 2.07 bits per heavy atom. The van der Waals surface area contributed by atoms with Crippen LogP contribution in [-0.2, 0) is 9.53 Å². The molecule has 4 heteroatoms. The largest absolute Gasteiger partial charge is 0.381 e. The second kappa shape index (κ2) is 5.30. The topological polar surface area (TPSA) is 29.5 Å². The number of amides is 1. The Morgan fingerprint density at radius 3 is 2.67 bits per heavy atom. The molecule has 15 heavy (non-hydrogen) atoms. The molecule has 1 unspecified atom stereocenters. The van der Waals surface area contributed by atoms with Gasteiger partial charge in [-0.05, 0) is 24.7 Å². The van der Waals surface area contributed by atoms with E-state index in [0.717, 1.165) is 50.9 Å². The average molecular weight is 276 g/mol. The second-order valence-corrected chi connectivity index (χ2v) is 5.23. The van der Waals surface area contributed by atoms with Crippen LogP contribution in [0.3, 0.4) is 0 Å². The molecule has 86 valence electrons. The number of likely N-dealkylation sites (tertiary alicyclic amines) is 1. The molecule has 0 aromatic carbocycles. The van der Waals surface area contributed by atoms with Crippen LogP contribution in [-0.4, -0.2) is 42.4 Å². The summed E-state index contributed by atoms with van der Waals surface area (Å²) in [6.07, 6.45) is 2.96. The maximum Gasteiger partial charge on any atom is 0.222 e. The van der Waals surface area contributed by atoms with Gasteiger partial charge in [0, 0.05) is 38.1 Å². The molecule has 2 fully saturated rings. The third-order valence-electron chi connectivity index (χ3n) is 3.33. The van der Waals surface area contributed by atoms with Gasteiger partial charge in [0.05, 0.1) is 0 Å². The van der Waals surface area contributed by atoms with Crippen molar-refractivity contribution in [3.05, 3.63) is 0 Å². The molecule has 0 aromatic rings. The van der Waals surface area contributed by atoms with Gasteiger partial charge in [0.2, 0.25) is 5.91 Å². The highest BCUT2D eigenvalue weighted by molar-refractivity contribution is 9.09. The third kappa shape index (κ3) is 2.94. The summed E-state index contributed by atoms with van der Waals surface area (Å²) in [5.41, 5.74) is 0. The summed E-state index contributed by atoms with van der Waals surface area (Å²) in [5, 5.41) is 0.947. The summed E-state index contributed by atoms with van der Waals surface area (Å²) in [6, 6.07) is 0. The Hall–Kier alpha value is -0.0900. The first-order valence-electron chi connectivity index (χ1n) is 5.71. The third-order valence-corrected chi connectivity index (χ3v) is 4.25. The SMILES string of the molecule is O=C1CC(CBr)CN1CC1CCOCC1. The molecule has 0 spiro atoms. The fraction of sp³-hybridized carbons (Fsp3) is 0.909. The minimum Gasteiger partial charge on any atom is -0.381 e. The van der Waals surface area contributed by atoms with Crippen LogP contribution in [0.25, 0.3) is 0 Å². The van der Waals surface area contributed by atoms with E-state index in [9.17, 15) is 4.79 Å². The first-order chi connectivity index (χ1) is 7.29. The highest BCUT2D eigenvalue weighted by Gasteiger charge is 2.30. The Morgan fingerprint density at radius 1 is 1.33 bits per heavy atom. The molecule has 2 heterocycles. The normalized spacial score (nSPS) is 28.7. The van der Waals surface area contributed by atoms with Gasteiger partial charge in [0.25, 0.3) is 0 Å². The Bertz CT molecular complexity index is 229. The van der Waals surface area contributed by atoms with E-state index in [1.54, 1.807) is 0 Å². The summed E-state index contributed by atoms with van der Waals surface area (Å²) in [5.74, 6) is 1.53. The van der Waals surface area contributed by atoms with Gasteiger partial charge < -0.3 is 9.64 Å². The number of rotatable bonds is 3. The van der Waals surface area contributed by atoms with Crippen LogP contribution in [0.15, 0.2) is 0 Å². The predicted octanol–water partition coefficient (Wildman–Crippen LogP) is 1.66. The van der Waals surface area contributed by atoms with Crippen LogP contribution in [0.2, 0.25) is 0 Å². The summed E-state index contributed by atoms with van der Waals surface area (Å²) < 4.78 is 5.32. The quantitative estimate of drug-likeness (QED) is 0.734. The predicted molar refractivity (Wildman–Crippen MR) is 62.0 cm³/mol. The second-order valence-electron chi connectivity index (χ2n) is 4.58. The van der Waals surface area contributed by atoms with Gasteiger partial charge in [-0.25, -0.2) is 0 Å². The van der Waals surface area contributed by atoms with Gasteiger partial charge in [-0.2, -0.15) is 0 Å². The number of carbonyl (C=O) groups is 1. The van der Waals surface area contributed by atoms with Crippen molar-refractivity contribution < 1.29 is 9.53 Å². The van der Waals surface area contributed by atoms with Crippen molar-refractivity contribution in [2.75, 3.05) is 31.6 Å². The molecule has 2 aliphatic rings. The zero-order chi connectivity index (χ0) is 10.7. The van der Waals surface area contributed by atoms with Gasteiger partial charge in [0.1, 0.15) is 0 Å². The number of nitrogens with zero attached hydrogens (tertiary/aromatic N) is 1. The van der Waals surface area contributed by atoms with Crippen molar-refractivity contribution in [2.45, 2.75) is 19.3 Å². The first kappa shape index (κ1) is 11.4. The lowest BCUT2D eigenvalue weighted by atomic mass is 10.00. The van der Waals surface area contributed by atoms with E-state index in [4.69, 9.17) is 4.74 Å². The molecular weight excluding hydrogens is 258 g/mol. The van der Waals surface area contributed by atoms with Crippen LogP contribution in [0, 0.1) is 11.8 Å². The highest BCUT2D eigenvalue weighted by Crippen LogP contribution is 2.23. The van der Waals surface area contributed by atoms with Crippen molar-refractivity contribution in [3.8, 4) is 0 Å². The number of alkyl halides is 1. The molecule has 0 bridgehead atoms. The van der Waals surface area contributed by atoms with E-state index in [0.29, 0.717) is 17.7 Å². The van der Waals surface area contributed by atoms with Crippen molar-refractivity contribution >= 4 is 21.8 Å². The Labute approximate surface area is 99.3 Å². The van der Waals surface area contributed by atoms with Gasteiger partial charge in [-0.3, -0.25) is 4.79 Å². The monoisotopic (exact) mass is 275 g/mol. The maximum absolute atomic E-state index is 11.7. The minimum atomic E-state index is 0.339. The Kier molecular flexibility index (Phi) is 4.03. The molecule has 0 aliphatic carbocycles. The van der Waals surface area contributed by atoms with Gasteiger partial charge in [0.15, 0.2) is 0 Å². The lowest BCUT2D eigenvalue weighted by Crippen LogP contribution is -2.33. The zero-order valence-electron chi connectivity index (χ0n) is 8.95. The standard InChI is InChI=1S/C11H18BrNO2/c12-6-10-5-11(14)13(8-10)7-9-1-3-15-4-2-9/h9-10H,1-8H2. The molecule has 0 N–H and O–H groups in total. The van der Waals surface area contributed by atoms with Crippen molar-refractivity contribution in [3.63, 3.8) is 0 Å². The van der Waals surface area contributed by atoms with E-state index in [1.165, 1.54) is 0 Å². The molecule has 2 saturated heterocycles. The fourth-order valence-corrected chi connectivity index (χ4v) is 2.81. The van der Waals surface area contributed by atoms with Crippen LogP contribution in [0.4, 0.5) is 0 Å². The van der Waals surface area contributed by atoms with Gasteiger partial charge in [-0.1, -0.05) is 15.9 Å². The molecule has 0 radical (unpaired) electrons. The van der Waals surface area contributed by atoms with E-state index >= 15 is 0 Å². The maximum atomic E-state index is 11.7. The van der Waals surface area contributed by atoms with E-state index in [-0.39, 0.29) is 0 Å². The zero-order valence-corrected chi connectivity index (χ0v) is 10.5. The summed E-state index contributed by atoms with van der Waals surface area (Å²) in [6.45, 7) is 3.64. The molecule has 2 rings (SSSR count). The van der Waals surface area contributed by atoms with E-state index in [2.05, 4.69) is 15.9 Å².